The monoisotopic (exact) mass is 1150 g/mol. The van der Waals surface area contributed by atoms with Crippen LogP contribution in [0.25, 0.3) is 11.1 Å². The molecule has 0 fully saturated rings. The van der Waals surface area contributed by atoms with Crippen molar-refractivity contribution in [3.8, 4) is 40.2 Å². The number of rotatable bonds is 18. The summed E-state index contributed by atoms with van der Waals surface area (Å²) in [5.74, 6) is 2.84. The average molecular weight is 1150 g/mol. The molecule has 0 aliphatic heterocycles. The number of aryl methyl sites for hydroxylation is 1. The molecule has 0 spiro atoms. The second-order valence-electron chi connectivity index (χ2n) is 18.4. The van der Waals surface area contributed by atoms with Crippen LogP contribution in [0.4, 0.5) is 0 Å². The van der Waals surface area contributed by atoms with Crippen LogP contribution < -0.4 is 18.9 Å². The van der Waals surface area contributed by atoms with Gasteiger partial charge >= 0.3 is 0 Å². The third-order valence-electron chi connectivity index (χ3n) is 13.0. The maximum Gasteiger partial charge on any atom is 0.294 e. The summed E-state index contributed by atoms with van der Waals surface area (Å²) >= 11 is 0. The number of ether oxygens (including phenoxy) is 4. The molecule has 13 nitrogen and oxygen atoms in total. The van der Waals surface area contributed by atoms with Gasteiger partial charge in [-0.2, -0.15) is 8.42 Å². The van der Waals surface area contributed by atoms with E-state index in [2.05, 4.69) is 0 Å². The van der Waals surface area contributed by atoms with Gasteiger partial charge in [0.05, 0.1) is 41.4 Å². The average Bonchev–Trinajstić information content (AvgIpc) is 3.53. The minimum absolute atomic E-state index is 0.0109. The second-order valence-corrected chi connectivity index (χ2v) is 25.6. The first kappa shape index (κ1) is 55.2. The van der Waals surface area contributed by atoms with E-state index in [-0.39, 0.29) is 34.3 Å². The zero-order valence-corrected chi connectivity index (χ0v) is 46.4. The van der Waals surface area contributed by atoms with Crippen molar-refractivity contribution in [2.24, 2.45) is 0 Å². The SMILES string of the molecule is COc1ccc(/C(=C(\c2ccc(Oc3ccc(S(=O)(=O)c4ccc(Oc5ccc(S(=O)(=O)c6ccc(Oc7ccc(S(=O)(=O)c8ccc(C)cc8)cc7)cc6)cc5)cc4)cc3)cc2)c2ccc(S(=O)(=O)O)cc2)c2ccccc2)cc1. The smallest absolute Gasteiger partial charge is 0.294 e. The van der Waals surface area contributed by atoms with Gasteiger partial charge in [-0.1, -0.05) is 84.4 Å². The molecule has 0 radical (unpaired) electrons. The van der Waals surface area contributed by atoms with Crippen LogP contribution in [0.3, 0.4) is 0 Å². The van der Waals surface area contributed by atoms with E-state index in [0.717, 1.165) is 33.4 Å². The highest BCUT2D eigenvalue weighted by Gasteiger charge is 2.23. The maximum absolute atomic E-state index is 13.8. The first-order chi connectivity index (χ1) is 38.8. The molecule has 0 saturated heterocycles. The molecule has 10 aromatic carbocycles. The molecule has 0 saturated carbocycles. The Labute approximate surface area is 470 Å². The van der Waals surface area contributed by atoms with Gasteiger partial charge in [-0.05, 0) is 210 Å². The van der Waals surface area contributed by atoms with E-state index in [9.17, 15) is 38.2 Å². The third-order valence-corrected chi connectivity index (χ3v) is 19.2. The lowest BCUT2D eigenvalue weighted by Crippen LogP contribution is -2.02. The van der Waals surface area contributed by atoms with Gasteiger partial charge in [0, 0.05) is 0 Å². The molecule has 0 aliphatic rings. The lowest BCUT2D eigenvalue weighted by Gasteiger charge is -2.19. The van der Waals surface area contributed by atoms with Crippen molar-refractivity contribution in [1.82, 2.24) is 0 Å². The fourth-order valence-corrected chi connectivity index (χ4v) is 13.0. The van der Waals surface area contributed by atoms with E-state index < -0.39 is 39.6 Å². The largest absolute Gasteiger partial charge is 0.497 e. The minimum atomic E-state index is -4.44. The standard InChI is InChI=1S/C64H48O13S4/c1-44-8-30-56(31-9-44)78(65,66)57-34-22-52(23-35-57)76-53-24-40-60(41-25-53)80(69,70)61-42-28-55(29-43-61)77-54-26-38-59(39-27-54)79(67,68)58-36-20-51(21-37-58)75-50-18-12-47(13-19-50)64(48-14-32-62(33-15-48)81(71,72)73)63(45-6-4-3-5-7-45)46-10-16-49(74-2)17-11-46/h3-43H,1-2H3,(H,71,72,73)/b64-63+. The van der Waals surface area contributed by atoms with E-state index in [1.807, 2.05) is 73.7 Å². The van der Waals surface area contributed by atoms with Crippen LogP contribution in [-0.2, 0) is 39.6 Å². The Hall–Kier alpha value is -9.10. The molecule has 406 valence electrons. The molecular formula is C64H48O13S4. The van der Waals surface area contributed by atoms with E-state index in [0.29, 0.717) is 45.8 Å². The van der Waals surface area contributed by atoms with Gasteiger partial charge in [-0.15, -0.1) is 0 Å². The Kier molecular flexibility index (Phi) is 15.6. The van der Waals surface area contributed by atoms with Crippen molar-refractivity contribution in [1.29, 1.82) is 0 Å². The molecule has 0 aromatic heterocycles. The predicted molar refractivity (Wildman–Crippen MR) is 307 cm³/mol. The number of hydrogen-bond donors (Lipinski definition) is 1. The van der Waals surface area contributed by atoms with Crippen LogP contribution in [0.1, 0.15) is 27.8 Å². The zero-order chi connectivity index (χ0) is 56.9. The maximum atomic E-state index is 13.8. The van der Waals surface area contributed by atoms with Gasteiger partial charge in [0.15, 0.2) is 0 Å². The lowest BCUT2D eigenvalue weighted by molar-refractivity contribution is 0.415. The van der Waals surface area contributed by atoms with Crippen molar-refractivity contribution in [3.63, 3.8) is 0 Å². The van der Waals surface area contributed by atoms with Crippen molar-refractivity contribution in [3.05, 3.63) is 277 Å². The van der Waals surface area contributed by atoms with Gasteiger partial charge in [0.2, 0.25) is 29.5 Å². The van der Waals surface area contributed by atoms with Crippen molar-refractivity contribution in [2.45, 2.75) is 41.2 Å². The first-order valence-electron chi connectivity index (χ1n) is 24.8. The third kappa shape index (κ3) is 12.4. The molecule has 1 N–H and O–H groups in total. The van der Waals surface area contributed by atoms with Crippen LogP contribution in [0.15, 0.2) is 283 Å². The van der Waals surface area contributed by atoms with Crippen LogP contribution in [-0.4, -0.2) is 45.3 Å². The number of sulfone groups is 3. The molecule has 81 heavy (non-hydrogen) atoms. The van der Waals surface area contributed by atoms with Gasteiger partial charge in [-0.25, -0.2) is 25.3 Å². The Balaban J connectivity index is 0.783. The highest BCUT2D eigenvalue weighted by Crippen LogP contribution is 2.39. The van der Waals surface area contributed by atoms with Crippen LogP contribution in [0.5, 0.6) is 40.2 Å². The summed E-state index contributed by atoms with van der Waals surface area (Å²) in [5, 5.41) is 0. The van der Waals surface area contributed by atoms with Crippen molar-refractivity contribution >= 4 is 50.8 Å². The molecule has 0 bridgehead atoms. The molecule has 0 atom stereocenters. The van der Waals surface area contributed by atoms with E-state index in [4.69, 9.17) is 18.9 Å². The highest BCUT2D eigenvalue weighted by molar-refractivity contribution is 7.92. The van der Waals surface area contributed by atoms with E-state index in [1.165, 1.54) is 121 Å². The molecule has 0 unspecified atom stereocenters. The molecule has 0 heterocycles. The van der Waals surface area contributed by atoms with E-state index in [1.54, 1.807) is 67.8 Å². The normalized spacial score (nSPS) is 12.2. The van der Waals surface area contributed by atoms with Gasteiger partial charge in [0.25, 0.3) is 10.1 Å². The summed E-state index contributed by atoms with van der Waals surface area (Å²) in [4.78, 5) is 0.117. The number of hydrogen-bond acceptors (Lipinski definition) is 12. The summed E-state index contributed by atoms with van der Waals surface area (Å²) in [5.41, 5.74) is 5.76. The zero-order valence-electron chi connectivity index (χ0n) is 43.2. The Bertz CT molecular complexity index is 4370. The molecule has 0 aliphatic carbocycles. The van der Waals surface area contributed by atoms with Crippen LogP contribution in [0, 0.1) is 6.92 Å². The Morgan fingerprint density at radius 2 is 0.506 bits per heavy atom. The lowest BCUT2D eigenvalue weighted by atomic mass is 9.86. The molecule has 10 aromatic rings. The van der Waals surface area contributed by atoms with Crippen molar-refractivity contribution in [2.75, 3.05) is 7.11 Å². The van der Waals surface area contributed by atoms with Crippen LogP contribution >= 0.6 is 0 Å². The summed E-state index contributed by atoms with van der Waals surface area (Å²) in [6.07, 6.45) is 0. The summed E-state index contributed by atoms with van der Waals surface area (Å²) in [7, 11) is -14.5. The van der Waals surface area contributed by atoms with Gasteiger partial charge in [-0.3, -0.25) is 4.55 Å². The highest BCUT2D eigenvalue weighted by atomic mass is 32.2. The van der Waals surface area contributed by atoms with Gasteiger partial charge < -0.3 is 18.9 Å². The summed E-state index contributed by atoms with van der Waals surface area (Å²) in [6.45, 7) is 1.87. The predicted octanol–water partition coefficient (Wildman–Crippen LogP) is 14.1. The number of benzene rings is 10. The van der Waals surface area contributed by atoms with Crippen LogP contribution in [0.2, 0.25) is 0 Å². The molecule has 17 heteroatoms. The minimum Gasteiger partial charge on any atom is -0.497 e. The summed E-state index contributed by atoms with van der Waals surface area (Å²) < 4.78 is 138. The Morgan fingerprint density at radius 3 is 0.778 bits per heavy atom. The van der Waals surface area contributed by atoms with Crippen molar-refractivity contribution < 1.29 is 57.2 Å². The van der Waals surface area contributed by atoms with E-state index >= 15 is 0 Å². The first-order valence-corrected chi connectivity index (χ1v) is 30.7. The fourth-order valence-electron chi connectivity index (χ4n) is 8.72. The Morgan fingerprint density at radius 1 is 0.284 bits per heavy atom. The molecule has 10 rings (SSSR count). The topological polar surface area (TPSA) is 194 Å². The second kappa shape index (κ2) is 22.9. The molecular weight excluding hydrogens is 1100 g/mol. The fraction of sp³-hybridized carbons (Fsp3) is 0.0312. The van der Waals surface area contributed by atoms with Gasteiger partial charge in [0.1, 0.15) is 40.2 Å². The quantitative estimate of drug-likeness (QED) is 0.0630. The number of methoxy groups -OCH3 is 1. The summed E-state index contributed by atoms with van der Waals surface area (Å²) in [6, 6.07) is 66.6. The molecule has 0 amide bonds.